The van der Waals surface area contributed by atoms with Gasteiger partial charge in [0.1, 0.15) is 11.2 Å². The van der Waals surface area contributed by atoms with Crippen LogP contribution in [0.25, 0.3) is 142 Å². The van der Waals surface area contributed by atoms with Crippen molar-refractivity contribution in [1.82, 2.24) is 0 Å². The highest BCUT2D eigenvalue weighted by Crippen LogP contribution is 2.59. The van der Waals surface area contributed by atoms with Gasteiger partial charge in [0.05, 0.1) is 11.4 Å². The molecule has 4 heteroatoms. The van der Waals surface area contributed by atoms with Crippen molar-refractivity contribution in [3.8, 4) is 100 Å². The van der Waals surface area contributed by atoms with Gasteiger partial charge in [0.25, 0.3) is 0 Å². The Labute approximate surface area is 671 Å². The zero-order chi connectivity index (χ0) is 77.0. The van der Waals surface area contributed by atoms with Crippen molar-refractivity contribution in [2.75, 3.05) is 9.80 Å². The molecule has 0 saturated heterocycles. The van der Waals surface area contributed by atoms with Gasteiger partial charge in [-0.3, -0.25) is 0 Å². The Balaban J connectivity index is 0.695. The third kappa shape index (κ3) is 9.99. The first-order valence-corrected chi connectivity index (χ1v) is 41.1. The quantitative estimate of drug-likeness (QED) is 0.129. The minimum atomic E-state index is -0.395. The summed E-state index contributed by atoms with van der Waals surface area (Å²) in [5.41, 5.74) is 42.5. The molecule has 0 aliphatic heterocycles. The molecular weight excluding hydrogens is 1400 g/mol. The number of fused-ring (bicyclic) bond motifs is 18. The Hall–Kier alpha value is -12.9. The second-order valence-corrected chi connectivity index (χ2v) is 35.4. The van der Waals surface area contributed by atoms with E-state index in [1.54, 1.807) is 0 Å². The molecule has 16 aromatic carbocycles. The lowest BCUT2D eigenvalue weighted by Crippen LogP contribution is -2.18. The molecule has 0 amide bonds. The average Bonchev–Trinajstić information content (AvgIpc) is 1.70. The van der Waals surface area contributed by atoms with Crippen molar-refractivity contribution in [2.45, 2.75) is 90.9 Å². The number of hydrogen-bond acceptors (Lipinski definition) is 4. The van der Waals surface area contributed by atoms with Crippen LogP contribution in [0.1, 0.15) is 111 Å². The van der Waals surface area contributed by atoms with E-state index in [2.05, 4.69) is 407 Å². The fourth-order valence-electron chi connectivity index (χ4n) is 20.7. The van der Waals surface area contributed by atoms with Crippen molar-refractivity contribution in [3.63, 3.8) is 0 Å². The first kappa shape index (κ1) is 68.0. The Morgan fingerprint density at radius 3 is 1.19 bits per heavy atom. The van der Waals surface area contributed by atoms with Crippen LogP contribution < -0.4 is 9.80 Å². The molecule has 546 valence electrons. The van der Waals surface area contributed by atoms with Gasteiger partial charge >= 0.3 is 0 Å². The molecule has 0 atom stereocenters. The highest BCUT2D eigenvalue weighted by Gasteiger charge is 2.42. The van der Waals surface area contributed by atoms with E-state index in [1.807, 2.05) is 11.3 Å². The summed E-state index contributed by atoms with van der Waals surface area (Å²) in [4.78, 5) is 5.11. The van der Waals surface area contributed by atoms with E-state index in [9.17, 15) is 0 Å². The first-order chi connectivity index (χ1) is 55.4. The SMILES string of the molecule is Cc1cccc(C)c1-c1cc(-c2cc(-c3ccc4c(c3)C(C)(C)c3cc(N(c5ccc6c(c5)C(C)(C)c5ccccc5-6)c5ccc(-c6cccc7c6sc6ccccc67)cc5-c5ccccc5)ccc3-4)cc3c2oc2ccccc23)ccc1N(c1ccc2c(c1)C(C)(C)c1ccccc1-2)c1ccc2c(c1)C(C)(C)c1ccccc1-2. The van der Waals surface area contributed by atoms with Crippen molar-refractivity contribution in [3.05, 3.63) is 383 Å². The fourth-order valence-corrected chi connectivity index (χ4v) is 21.9. The van der Waals surface area contributed by atoms with Crippen LogP contribution in [0.15, 0.2) is 332 Å². The summed E-state index contributed by atoms with van der Waals surface area (Å²) in [6, 6.07) is 124. The maximum Gasteiger partial charge on any atom is 0.143 e. The van der Waals surface area contributed by atoms with Crippen LogP contribution in [-0.4, -0.2) is 0 Å². The molecule has 3 nitrogen and oxygen atoms in total. The monoisotopic (exact) mass is 1480 g/mol. The van der Waals surface area contributed by atoms with Gasteiger partial charge in [-0.05, 0) is 256 Å². The number of furan rings is 1. The summed E-state index contributed by atoms with van der Waals surface area (Å²) in [6.45, 7) is 23.8. The van der Waals surface area contributed by atoms with E-state index in [1.165, 1.54) is 143 Å². The third-order valence-electron chi connectivity index (χ3n) is 26.5. The molecule has 2 aromatic heterocycles. The van der Waals surface area contributed by atoms with Gasteiger partial charge in [-0.15, -0.1) is 11.3 Å². The normalized spacial score (nSPS) is 14.5. The van der Waals surface area contributed by atoms with E-state index < -0.39 is 5.41 Å². The van der Waals surface area contributed by atoms with Gasteiger partial charge < -0.3 is 14.2 Å². The fraction of sp³-hybridized carbons (Fsp3) is 0.127. The van der Waals surface area contributed by atoms with Crippen LogP contribution in [0.4, 0.5) is 34.1 Å². The zero-order valence-electron chi connectivity index (χ0n) is 65.9. The van der Waals surface area contributed by atoms with Crippen LogP contribution in [0.2, 0.25) is 0 Å². The van der Waals surface area contributed by atoms with Crippen molar-refractivity contribution >= 4 is 87.6 Å². The Kier molecular flexibility index (Phi) is 14.8. The molecule has 0 saturated carbocycles. The van der Waals surface area contributed by atoms with E-state index in [-0.39, 0.29) is 16.2 Å². The molecule has 4 aliphatic rings. The van der Waals surface area contributed by atoms with Gasteiger partial charge in [0.2, 0.25) is 0 Å². The second kappa shape index (κ2) is 24.8. The van der Waals surface area contributed by atoms with E-state index >= 15 is 0 Å². The van der Waals surface area contributed by atoms with Crippen LogP contribution in [0, 0.1) is 13.8 Å². The Morgan fingerprint density at radius 1 is 0.246 bits per heavy atom. The molecule has 0 fully saturated rings. The van der Waals surface area contributed by atoms with Crippen LogP contribution >= 0.6 is 11.3 Å². The van der Waals surface area contributed by atoms with E-state index in [4.69, 9.17) is 4.42 Å². The number of aryl methyl sites for hydroxylation is 2. The third-order valence-corrected chi connectivity index (χ3v) is 27.8. The summed E-state index contributed by atoms with van der Waals surface area (Å²) < 4.78 is 9.79. The number of anilines is 6. The van der Waals surface area contributed by atoms with Gasteiger partial charge in [0.15, 0.2) is 0 Å². The lowest BCUT2D eigenvalue weighted by Gasteiger charge is -2.32. The first-order valence-electron chi connectivity index (χ1n) is 40.3. The van der Waals surface area contributed by atoms with E-state index in [0.717, 1.165) is 89.4 Å². The molecule has 114 heavy (non-hydrogen) atoms. The zero-order valence-corrected chi connectivity index (χ0v) is 66.7. The molecule has 0 bridgehead atoms. The molecule has 0 N–H and O–H groups in total. The number of para-hydroxylation sites is 1. The minimum Gasteiger partial charge on any atom is -0.455 e. The summed E-state index contributed by atoms with van der Waals surface area (Å²) >= 11 is 1.89. The highest BCUT2D eigenvalue weighted by atomic mass is 32.1. The summed E-state index contributed by atoms with van der Waals surface area (Å²) in [5, 5.41) is 4.79. The molecular formula is C110H84N2OS. The molecule has 2 heterocycles. The van der Waals surface area contributed by atoms with Crippen molar-refractivity contribution in [2.24, 2.45) is 0 Å². The lowest BCUT2D eigenvalue weighted by atomic mass is 9.81. The lowest BCUT2D eigenvalue weighted by molar-refractivity contribution is 0.659. The molecule has 18 aromatic rings. The van der Waals surface area contributed by atoms with Crippen LogP contribution in [-0.2, 0) is 21.7 Å². The van der Waals surface area contributed by atoms with Crippen LogP contribution in [0.5, 0.6) is 0 Å². The number of benzene rings is 16. The van der Waals surface area contributed by atoms with Gasteiger partial charge in [0, 0.05) is 92.0 Å². The molecule has 0 spiro atoms. The van der Waals surface area contributed by atoms with Crippen molar-refractivity contribution < 1.29 is 4.42 Å². The van der Waals surface area contributed by atoms with Gasteiger partial charge in [-0.1, -0.05) is 280 Å². The Morgan fingerprint density at radius 2 is 0.640 bits per heavy atom. The highest BCUT2D eigenvalue weighted by molar-refractivity contribution is 7.26. The summed E-state index contributed by atoms with van der Waals surface area (Å²) in [7, 11) is 0. The molecule has 22 rings (SSSR count). The standard InChI is InChI=1S/C110H84N2OS/c1-65-26-24-27-66(2)104(65)91-57-70(44-55-101(91)112(74-46-51-82-78-31-15-20-38-93(78)108(5,6)97(82)62-74)75-47-52-83-79-32-16-21-39-94(79)109(7,8)98(83)63-75)89-58-71(59-90-85-33-17-22-40-102(85)113-105(89)90)68-42-49-80-84-53-48-73(64-99(84)110(9,10)95(80)60-68)111(72-45-50-81-77-30-14-19-37-92(77)107(3,4)96(81)61-72)100-54-43-69(56-88(100)67-28-12-11-13-29-67)76-35-25-36-87-86-34-18-23-41-103(86)114-106(76)87/h11-64H,1-10H3. The smallest absolute Gasteiger partial charge is 0.143 e. The summed E-state index contributed by atoms with van der Waals surface area (Å²) in [5.74, 6) is 0. The number of rotatable bonds is 11. The second-order valence-electron chi connectivity index (χ2n) is 34.4. The van der Waals surface area contributed by atoms with Gasteiger partial charge in [-0.25, -0.2) is 0 Å². The summed E-state index contributed by atoms with van der Waals surface area (Å²) in [6.07, 6.45) is 0. The average molecular weight is 1480 g/mol. The van der Waals surface area contributed by atoms with E-state index in [0.29, 0.717) is 0 Å². The maximum atomic E-state index is 7.18. The van der Waals surface area contributed by atoms with Gasteiger partial charge in [-0.2, -0.15) is 0 Å². The predicted molar refractivity (Wildman–Crippen MR) is 483 cm³/mol. The topological polar surface area (TPSA) is 19.6 Å². The van der Waals surface area contributed by atoms with Crippen LogP contribution in [0.3, 0.4) is 0 Å². The molecule has 0 radical (unpaired) electrons. The number of hydrogen-bond donors (Lipinski definition) is 0. The Bertz CT molecular complexity index is 7030. The molecule has 4 aliphatic carbocycles. The maximum absolute atomic E-state index is 7.18. The predicted octanol–water partition coefficient (Wildman–Crippen LogP) is 31.1. The van der Waals surface area contributed by atoms with Crippen molar-refractivity contribution in [1.29, 1.82) is 0 Å². The minimum absolute atomic E-state index is 0.209. The number of nitrogens with zero attached hydrogens (tertiary/aromatic N) is 2. The number of thiophene rings is 1. The molecule has 0 unspecified atom stereocenters. The largest absolute Gasteiger partial charge is 0.455 e.